The molecule has 3 nitrogen and oxygen atoms in total. The second-order valence-corrected chi connectivity index (χ2v) is 7.64. The Kier molecular flexibility index (Phi) is 4.62. The average Bonchev–Trinajstić information content (AvgIpc) is 2.79. The topological polar surface area (TPSA) is 38.7 Å². The van der Waals surface area contributed by atoms with Crippen molar-refractivity contribution in [2.75, 3.05) is 0 Å². The third kappa shape index (κ3) is 3.55. The fraction of sp³-hybridized carbons (Fsp3) is 0. The molecule has 0 unspecified atom stereocenters. The summed E-state index contributed by atoms with van der Waals surface area (Å²) in [6.07, 6.45) is 1.79. The van der Waals surface area contributed by atoms with E-state index in [-0.39, 0.29) is 0 Å². The highest BCUT2D eigenvalue weighted by atomic mass is 79.9. The Hall–Kier alpha value is -3.37. The van der Waals surface area contributed by atoms with Crippen LogP contribution in [0.3, 0.4) is 0 Å². The fourth-order valence-electron chi connectivity index (χ4n) is 3.37. The lowest BCUT2D eigenvalue weighted by molar-refractivity contribution is 1.20. The Morgan fingerprint density at radius 1 is 0.586 bits per heavy atom. The minimum atomic E-state index is 0.693. The Bertz CT molecular complexity index is 1300. The first-order valence-electron chi connectivity index (χ1n) is 9.32. The van der Waals surface area contributed by atoms with E-state index >= 15 is 0 Å². The van der Waals surface area contributed by atoms with Gasteiger partial charge in [-0.05, 0) is 41.5 Å². The van der Waals surface area contributed by atoms with E-state index in [9.17, 15) is 0 Å². The number of fused-ring (bicyclic) bond motifs is 1. The minimum absolute atomic E-state index is 0.693. The van der Waals surface area contributed by atoms with Gasteiger partial charge in [0, 0.05) is 21.8 Å². The molecule has 0 saturated heterocycles. The van der Waals surface area contributed by atoms with Gasteiger partial charge in [-0.25, -0.2) is 9.97 Å². The molecule has 0 N–H and O–H groups in total. The van der Waals surface area contributed by atoms with Gasteiger partial charge in [0.25, 0.3) is 0 Å². The third-order valence-corrected chi connectivity index (χ3v) is 5.33. The first kappa shape index (κ1) is 17.7. The first-order chi connectivity index (χ1) is 14.3. The number of hydrogen-bond acceptors (Lipinski definition) is 3. The van der Waals surface area contributed by atoms with E-state index in [0.717, 1.165) is 37.9 Å². The third-order valence-electron chi connectivity index (χ3n) is 4.80. The molecular formula is C25H16BrN3. The molecule has 0 amide bonds. The maximum atomic E-state index is 4.92. The highest BCUT2D eigenvalue weighted by Gasteiger charge is 2.13. The van der Waals surface area contributed by atoms with Crippen molar-refractivity contribution in [2.24, 2.45) is 0 Å². The van der Waals surface area contributed by atoms with Gasteiger partial charge >= 0.3 is 0 Å². The molecular weight excluding hydrogens is 422 g/mol. The molecule has 5 aromatic rings. The molecule has 0 aliphatic carbocycles. The van der Waals surface area contributed by atoms with Crippen LogP contribution in [0, 0.1) is 0 Å². The molecule has 0 aliphatic heterocycles. The number of halogens is 1. The monoisotopic (exact) mass is 437 g/mol. The SMILES string of the molecule is Brc1ccc(-c2nc(-c3cccc(-c4ccccc4)c3)c3ncccc3n2)cc1. The van der Waals surface area contributed by atoms with Crippen LogP contribution in [0.1, 0.15) is 0 Å². The number of rotatable bonds is 3. The van der Waals surface area contributed by atoms with E-state index in [1.54, 1.807) is 6.20 Å². The summed E-state index contributed by atoms with van der Waals surface area (Å²) in [5.74, 6) is 0.693. The number of pyridine rings is 1. The summed E-state index contributed by atoms with van der Waals surface area (Å²) in [6.45, 7) is 0. The van der Waals surface area contributed by atoms with Crippen LogP contribution < -0.4 is 0 Å². The lowest BCUT2D eigenvalue weighted by atomic mass is 10.0. The summed E-state index contributed by atoms with van der Waals surface area (Å²) in [5.41, 5.74) is 6.80. The van der Waals surface area contributed by atoms with Crippen molar-refractivity contribution in [1.82, 2.24) is 15.0 Å². The molecule has 0 fully saturated rings. The largest absolute Gasteiger partial charge is 0.252 e. The first-order valence-corrected chi connectivity index (χ1v) is 10.1. The number of hydrogen-bond donors (Lipinski definition) is 0. The van der Waals surface area contributed by atoms with Crippen molar-refractivity contribution in [2.45, 2.75) is 0 Å². The zero-order valence-electron chi connectivity index (χ0n) is 15.5. The quantitative estimate of drug-likeness (QED) is 0.311. The molecule has 2 heterocycles. The van der Waals surface area contributed by atoms with Gasteiger partial charge in [0.15, 0.2) is 5.82 Å². The van der Waals surface area contributed by atoms with Gasteiger partial charge in [0.2, 0.25) is 0 Å². The zero-order valence-corrected chi connectivity index (χ0v) is 17.0. The van der Waals surface area contributed by atoms with Gasteiger partial charge in [-0.2, -0.15) is 0 Å². The molecule has 5 rings (SSSR count). The van der Waals surface area contributed by atoms with Gasteiger partial charge in [-0.1, -0.05) is 76.6 Å². The second kappa shape index (κ2) is 7.57. The fourth-order valence-corrected chi connectivity index (χ4v) is 3.64. The van der Waals surface area contributed by atoms with Crippen LogP contribution in [0.5, 0.6) is 0 Å². The molecule has 2 aromatic heterocycles. The average molecular weight is 438 g/mol. The van der Waals surface area contributed by atoms with Crippen LogP contribution in [0.25, 0.3) is 44.8 Å². The Labute approximate surface area is 177 Å². The van der Waals surface area contributed by atoms with E-state index in [4.69, 9.17) is 9.97 Å². The Morgan fingerprint density at radius 2 is 1.34 bits per heavy atom. The van der Waals surface area contributed by atoms with Crippen LogP contribution in [0.4, 0.5) is 0 Å². The van der Waals surface area contributed by atoms with Crippen LogP contribution in [-0.2, 0) is 0 Å². The van der Waals surface area contributed by atoms with Crippen LogP contribution >= 0.6 is 15.9 Å². The van der Waals surface area contributed by atoms with E-state index < -0.39 is 0 Å². The number of aromatic nitrogens is 3. The summed E-state index contributed by atoms with van der Waals surface area (Å²) in [4.78, 5) is 14.2. The maximum Gasteiger partial charge on any atom is 0.160 e. The summed E-state index contributed by atoms with van der Waals surface area (Å²) in [5, 5.41) is 0. The van der Waals surface area contributed by atoms with Gasteiger partial charge < -0.3 is 0 Å². The van der Waals surface area contributed by atoms with Crippen molar-refractivity contribution in [1.29, 1.82) is 0 Å². The van der Waals surface area contributed by atoms with Crippen molar-refractivity contribution in [3.63, 3.8) is 0 Å². The van der Waals surface area contributed by atoms with E-state index in [1.165, 1.54) is 5.56 Å². The van der Waals surface area contributed by atoms with Crippen LogP contribution in [0.15, 0.2) is 102 Å². The molecule has 0 saturated carbocycles. The minimum Gasteiger partial charge on any atom is -0.252 e. The standard InChI is InChI=1S/C25H16BrN3/c26-21-13-11-18(12-14-21)25-28-22-10-5-15-27-24(22)23(29-25)20-9-4-8-19(16-20)17-6-2-1-3-7-17/h1-16H. The van der Waals surface area contributed by atoms with Crippen molar-refractivity contribution in [3.05, 3.63) is 102 Å². The smallest absolute Gasteiger partial charge is 0.160 e. The lowest BCUT2D eigenvalue weighted by Gasteiger charge is -2.10. The highest BCUT2D eigenvalue weighted by molar-refractivity contribution is 9.10. The molecule has 0 spiro atoms. The van der Waals surface area contributed by atoms with Gasteiger partial charge in [-0.15, -0.1) is 0 Å². The van der Waals surface area contributed by atoms with Crippen LogP contribution in [-0.4, -0.2) is 15.0 Å². The zero-order chi connectivity index (χ0) is 19.6. The molecule has 3 aromatic carbocycles. The molecule has 138 valence electrons. The van der Waals surface area contributed by atoms with Crippen molar-refractivity contribution in [3.8, 4) is 33.8 Å². The van der Waals surface area contributed by atoms with E-state index in [0.29, 0.717) is 5.82 Å². The Balaban J connectivity index is 1.71. The molecule has 0 bridgehead atoms. The number of nitrogens with zero attached hydrogens (tertiary/aromatic N) is 3. The van der Waals surface area contributed by atoms with E-state index in [1.807, 2.05) is 42.5 Å². The maximum absolute atomic E-state index is 4.92. The van der Waals surface area contributed by atoms with Gasteiger partial charge in [0.1, 0.15) is 11.2 Å². The summed E-state index contributed by atoms with van der Waals surface area (Å²) < 4.78 is 1.03. The number of benzene rings is 3. The molecule has 0 atom stereocenters. The summed E-state index contributed by atoms with van der Waals surface area (Å²) >= 11 is 3.49. The van der Waals surface area contributed by atoms with Gasteiger partial charge in [-0.3, -0.25) is 4.98 Å². The van der Waals surface area contributed by atoms with Crippen molar-refractivity contribution < 1.29 is 0 Å². The van der Waals surface area contributed by atoms with Crippen LogP contribution in [0.2, 0.25) is 0 Å². The summed E-state index contributed by atoms with van der Waals surface area (Å²) in [7, 11) is 0. The molecule has 0 radical (unpaired) electrons. The van der Waals surface area contributed by atoms with E-state index in [2.05, 4.69) is 69.4 Å². The lowest BCUT2D eigenvalue weighted by Crippen LogP contribution is -1.96. The highest BCUT2D eigenvalue weighted by Crippen LogP contribution is 2.31. The van der Waals surface area contributed by atoms with Gasteiger partial charge in [0.05, 0.1) is 5.52 Å². The molecule has 29 heavy (non-hydrogen) atoms. The molecule has 0 aliphatic rings. The predicted octanol–water partition coefficient (Wildman–Crippen LogP) is 6.79. The normalized spacial score (nSPS) is 10.9. The predicted molar refractivity (Wildman–Crippen MR) is 121 cm³/mol. The second-order valence-electron chi connectivity index (χ2n) is 6.72. The Morgan fingerprint density at radius 3 is 2.17 bits per heavy atom. The molecule has 4 heteroatoms. The summed E-state index contributed by atoms with van der Waals surface area (Å²) in [6, 6.07) is 30.7. The van der Waals surface area contributed by atoms with Crippen molar-refractivity contribution >= 4 is 27.0 Å².